The van der Waals surface area contributed by atoms with Gasteiger partial charge < -0.3 is 11.5 Å². The molecule has 0 aliphatic heterocycles. The number of thioether (sulfide) groups is 1. The van der Waals surface area contributed by atoms with Crippen molar-refractivity contribution < 1.29 is 0 Å². The molecule has 80 valence electrons. The summed E-state index contributed by atoms with van der Waals surface area (Å²) in [5, 5.41) is 0. The van der Waals surface area contributed by atoms with Crippen LogP contribution in [0.25, 0.3) is 0 Å². The molecular formula is C10H24N2S. The highest BCUT2D eigenvalue weighted by Gasteiger charge is 2.42. The standard InChI is InChI=1S/C10H24N2S/c1-5-9(6-2,7-3)10(11,12)13-8-4/h5-8,11-12H2,1-4H3. The van der Waals surface area contributed by atoms with Gasteiger partial charge in [0.05, 0.1) is 0 Å². The summed E-state index contributed by atoms with van der Waals surface area (Å²) in [5.41, 5.74) is 12.4. The van der Waals surface area contributed by atoms with E-state index in [1.54, 1.807) is 11.8 Å². The molecule has 0 saturated heterocycles. The maximum atomic E-state index is 6.18. The van der Waals surface area contributed by atoms with Crippen molar-refractivity contribution in [2.75, 3.05) is 5.75 Å². The first-order valence-corrected chi connectivity index (χ1v) is 6.19. The molecule has 13 heavy (non-hydrogen) atoms. The Kier molecular flexibility index (Phi) is 5.33. The van der Waals surface area contributed by atoms with Crippen molar-refractivity contribution in [1.29, 1.82) is 0 Å². The highest BCUT2D eigenvalue weighted by atomic mass is 32.2. The Morgan fingerprint density at radius 3 is 1.54 bits per heavy atom. The third-order valence-electron chi connectivity index (χ3n) is 3.24. The van der Waals surface area contributed by atoms with Gasteiger partial charge in [0.15, 0.2) is 0 Å². The summed E-state index contributed by atoms with van der Waals surface area (Å²) in [4.78, 5) is -0.569. The van der Waals surface area contributed by atoms with E-state index in [-0.39, 0.29) is 5.41 Å². The molecule has 0 bridgehead atoms. The molecule has 0 aromatic rings. The predicted molar refractivity (Wildman–Crippen MR) is 62.5 cm³/mol. The first-order valence-electron chi connectivity index (χ1n) is 5.21. The fourth-order valence-corrected chi connectivity index (χ4v) is 3.19. The minimum Gasteiger partial charge on any atom is -0.304 e. The van der Waals surface area contributed by atoms with Crippen LogP contribution in [0, 0.1) is 5.41 Å². The zero-order valence-electron chi connectivity index (χ0n) is 9.39. The topological polar surface area (TPSA) is 52.0 Å². The second-order valence-corrected chi connectivity index (χ2v) is 5.11. The maximum absolute atomic E-state index is 6.18. The van der Waals surface area contributed by atoms with Crippen LogP contribution < -0.4 is 11.5 Å². The highest BCUT2D eigenvalue weighted by molar-refractivity contribution is 8.00. The van der Waals surface area contributed by atoms with Gasteiger partial charge in [0.2, 0.25) is 0 Å². The molecule has 0 rings (SSSR count). The van der Waals surface area contributed by atoms with Gasteiger partial charge in [-0.05, 0) is 25.0 Å². The summed E-state index contributed by atoms with van der Waals surface area (Å²) in [6.45, 7) is 8.64. The Hall–Kier alpha value is 0.270. The minimum absolute atomic E-state index is 0.0909. The van der Waals surface area contributed by atoms with E-state index in [0.717, 1.165) is 25.0 Å². The molecule has 0 unspecified atom stereocenters. The molecule has 2 nitrogen and oxygen atoms in total. The van der Waals surface area contributed by atoms with Gasteiger partial charge in [-0.3, -0.25) is 0 Å². The van der Waals surface area contributed by atoms with Crippen molar-refractivity contribution in [2.24, 2.45) is 16.9 Å². The quantitative estimate of drug-likeness (QED) is 0.654. The molecule has 0 spiro atoms. The van der Waals surface area contributed by atoms with E-state index in [1.807, 2.05) is 0 Å². The number of nitrogens with two attached hydrogens (primary N) is 2. The lowest BCUT2D eigenvalue weighted by Crippen LogP contribution is -2.59. The third-order valence-corrected chi connectivity index (χ3v) is 4.44. The SMILES string of the molecule is CCSC(N)(N)C(CC)(CC)CC. The summed E-state index contributed by atoms with van der Waals surface area (Å²) in [6.07, 6.45) is 3.17. The van der Waals surface area contributed by atoms with Crippen LogP contribution in [0.2, 0.25) is 0 Å². The Morgan fingerprint density at radius 2 is 1.31 bits per heavy atom. The number of rotatable bonds is 6. The molecule has 0 radical (unpaired) electrons. The zero-order valence-corrected chi connectivity index (χ0v) is 10.2. The molecule has 0 saturated carbocycles. The van der Waals surface area contributed by atoms with Gasteiger partial charge in [-0.15, -0.1) is 11.8 Å². The molecule has 0 aromatic carbocycles. The first-order chi connectivity index (χ1) is 5.99. The van der Waals surface area contributed by atoms with Crippen LogP contribution in [0.1, 0.15) is 47.0 Å². The van der Waals surface area contributed by atoms with Crippen LogP contribution in [0.5, 0.6) is 0 Å². The van der Waals surface area contributed by atoms with Crippen LogP contribution in [0.15, 0.2) is 0 Å². The van der Waals surface area contributed by atoms with Crippen LogP contribution in [-0.4, -0.2) is 10.7 Å². The Bertz CT molecular complexity index is 134. The Morgan fingerprint density at radius 1 is 0.923 bits per heavy atom. The van der Waals surface area contributed by atoms with E-state index < -0.39 is 4.99 Å². The van der Waals surface area contributed by atoms with Gasteiger partial charge >= 0.3 is 0 Å². The highest BCUT2D eigenvalue weighted by Crippen LogP contribution is 2.42. The average Bonchev–Trinajstić information content (AvgIpc) is 2.07. The molecule has 0 aromatic heterocycles. The van der Waals surface area contributed by atoms with Crippen molar-refractivity contribution in [3.8, 4) is 0 Å². The Balaban J connectivity index is 4.68. The average molecular weight is 204 g/mol. The van der Waals surface area contributed by atoms with E-state index in [1.165, 1.54) is 0 Å². The minimum atomic E-state index is -0.569. The van der Waals surface area contributed by atoms with E-state index >= 15 is 0 Å². The summed E-state index contributed by atoms with van der Waals surface area (Å²) in [7, 11) is 0. The molecule has 3 heteroatoms. The zero-order chi connectivity index (χ0) is 10.5. The van der Waals surface area contributed by atoms with E-state index in [9.17, 15) is 0 Å². The first kappa shape index (κ1) is 13.3. The summed E-state index contributed by atoms with van der Waals surface area (Å²) in [6, 6.07) is 0. The lowest BCUT2D eigenvalue weighted by Gasteiger charge is -2.44. The smallest absolute Gasteiger partial charge is 0.117 e. The molecule has 0 fully saturated rings. The van der Waals surface area contributed by atoms with Gasteiger partial charge in [0.25, 0.3) is 0 Å². The number of hydrogen-bond acceptors (Lipinski definition) is 3. The lowest BCUT2D eigenvalue weighted by atomic mass is 9.77. The fraction of sp³-hybridized carbons (Fsp3) is 1.00. The lowest BCUT2D eigenvalue weighted by molar-refractivity contribution is 0.173. The molecule has 0 amide bonds. The summed E-state index contributed by atoms with van der Waals surface area (Å²) < 4.78 is 0. The molecular weight excluding hydrogens is 180 g/mol. The molecule has 0 aliphatic carbocycles. The van der Waals surface area contributed by atoms with Crippen molar-refractivity contribution in [3.63, 3.8) is 0 Å². The molecule has 0 atom stereocenters. The summed E-state index contributed by atoms with van der Waals surface area (Å²) in [5.74, 6) is 0.981. The van der Waals surface area contributed by atoms with Crippen molar-refractivity contribution >= 4 is 11.8 Å². The van der Waals surface area contributed by atoms with Crippen molar-refractivity contribution in [1.82, 2.24) is 0 Å². The van der Waals surface area contributed by atoms with Crippen molar-refractivity contribution in [2.45, 2.75) is 52.0 Å². The van der Waals surface area contributed by atoms with Gasteiger partial charge in [0, 0.05) is 5.41 Å². The van der Waals surface area contributed by atoms with Gasteiger partial charge in [0.1, 0.15) is 4.99 Å². The normalized spacial score (nSPS) is 13.4. The molecule has 0 aliphatic rings. The van der Waals surface area contributed by atoms with Crippen molar-refractivity contribution in [3.05, 3.63) is 0 Å². The Labute approximate surface area is 86.8 Å². The van der Waals surface area contributed by atoms with Crippen LogP contribution >= 0.6 is 11.8 Å². The number of hydrogen-bond donors (Lipinski definition) is 2. The van der Waals surface area contributed by atoms with E-state index in [2.05, 4.69) is 27.7 Å². The molecule has 4 N–H and O–H groups in total. The van der Waals surface area contributed by atoms with E-state index in [0.29, 0.717) is 0 Å². The van der Waals surface area contributed by atoms with Gasteiger partial charge in [-0.1, -0.05) is 27.7 Å². The van der Waals surface area contributed by atoms with Gasteiger partial charge in [-0.2, -0.15) is 0 Å². The van der Waals surface area contributed by atoms with Crippen LogP contribution in [0.3, 0.4) is 0 Å². The second-order valence-electron chi connectivity index (χ2n) is 3.57. The van der Waals surface area contributed by atoms with Crippen LogP contribution in [0.4, 0.5) is 0 Å². The van der Waals surface area contributed by atoms with Crippen LogP contribution in [-0.2, 0) is 0 Å². The van der Waals surface area contributed by atoms with Gasteiger partial charge in [-0.25, -0.2) is 0 Å². The maximum Gasteiger partial charge on any atom is 0.117 e. The predicted octanol–water partition coefficient (Wildman–Crippen LogP) is 2.53. The summed E-state index contributed by atoms with van der Waals surface area (Å²) >= 11 is 1.67. The molecule has 0 heterocycles. The van der Waals surface area contributed by atoms with E-state index in [4.69, 9.17) is 11.5 Å². The largest absolute Gasteiger partial charge is 0.304 e. The monoisotopic (exact) mass is 204 g/mol. The third kappa shape index (κ3) is 2.61. The second kappa shape index (κ2) is 5.23. The fourth-order valence-electron chi connectivity index (χ4n) is 1.97.